The number of benzene rings is 1. The van der Waals surface area contributed by atoms with Crippen LogP contribution >= 0.6 is 0 Å². The molecular weight excluding hydrogens is 250 g/mol. The highest BCUT2D eigenvalue weighted by Gasteiger charge is 2.14. The monoisotopic (exact) mass is 262 g/mol. The van der Waals surface area contributed by atoms with E-state index in [1.165, 1.54) is 6.07 Å². The quantitative estimate of drug-likeness (QED) is 0.785. The minimum absolute atomic E-state index is 0.344. The standard InChI is InChI=1S/C13H12F2N4/c1-18-6-7-19-5-4-12(17-13(18)19)16-9-2-3-10(14)11(15)8-9/h2-5,8H,6-7H2,1H3. The summed E-state index contributed by atoms with van der Waals surface area (Å²) in [4.78, 5) is 10.6. The normalized spacial score (nSPS) is 14.9. The number of halogens is 2. The molecule has 0 saturated heterocycles. The summed E-state index contributed by atoms with van der Waals surface area (Å²) < 4.78 is 27.9. The second-order valence-corrected chi connectivity index (χ2v) is 4.41. The fourth-order valence-electron chi connectivity index (χ4n) is 2.01. The van der Waals surface area contributed by atoms with E-state index >= 15 is 0 Å². The summed E-state index contributed by atoms with van der Waals surface area (Å²) in [6.07, 6.45) is 1.89. The summed E-state index contributed by atoms with van der Waals surface area (Å²) in [6.45, 7) is 1.80. The summed E-state index contributed by atoms with van der Waals surface area (Å²) in [6, 6.07) is 5.29. The van der Waals surface area contributed by atoms with Crippen molar-refractivity contribution in [1.29, 1.82) is 0 Å². The van der Waals surface area contributed by atoms with Crippen LogP contribution in [-0.4, -0.2) is 23.1 Å². The van der Waals surface area contributed by atoms with Crippen LogP contribution in [0.4, 0.5) is 20.4 Å². The van der Waals surface area contributed by atoms with Crippen molar-refractivity contribution in [3.8, 4) is 0 Å². The number of likely N-dealkylation sites (N-methyl/N-ethyl adjacent to an activating group) is 1. The molecule has 0 atom stereocenters. The second kappa shape index (κ2) is 4.46. The van der Waals surface area contributed by atoms with E-state index in [9.17, 15) is 8.78 Å². The van der Waals surface area contributed by atoms with Gasteiger partial charge in [-0.1, -0.05) is 0 Å². The van der Waals surface area contributed by atoms with Gasteiger partial charge in [0.05, 0.1) is 5.69 Å². The lowest BCUT2D eigenvalue weighted by Gasteiger charge is -2.08. The number of nitrogens with zero attached hydrogens (tertiary/aromatic N) is 4. The molecule has 0 radical (unpaired) electrons. The molecule has 0 spiro atoms. The molecule has 0 amide bonds. The lowest BCUT2D eigenvalue weighted by atomic mass is 10.3. The highest BCUT2D eigenvalue weighted by Crippen LogP contribution is 2.16. The third-order valence-corrected chi connectivity index (χ3v) is 3.04. The SMILES string of the molecule is CN1CCn2ccc(=Nc3ccc(F)c(F)c3)nc21. The van der Waals surface area contributed by atoms with E-state index in [-0.39, 0.29) is 0 Å². The zero-order valence-electron chi connectivity index (χ0n) is 10.3. The van der Waals surface area contributed by atoms with E-state index in [4.69, 9.17) is 0 Å². The zero-order chi connectivity index (χ0) is 13.4. The maximum absolute atomic E-state index is 13.1. The van der Waals surface area contributed by atoms with Gasteiger partial charge in [0, 0.05) is 32.4 Å². The number of hydrogen-bond acceptors (Lipinski definition) is 3. The smallest absolute Gasteiger partial charge is 0.207 e. The highest BCUT2D eigenvalue weighted by atomic mass is 19.2. The third kappa shape index (κ3) is 2.21. The molecule has 2 heterocycles. The van der Waals surface area contributed by atoms with Gasteiger partial charge in [-0.15, -0.1) is 0 Å². The Bertz CT molecular complexity index is 693. The van der Waals surface area contributed by atoms with Crippen molar-refractivity contribution >= 4 is 11.6 Å². The second-order valence-electron chi connectivity index (χ2n) is 4.41. The Kier molecular flexibility index (Phi) is 2.77. The maximum Gasteiger partial charge on any atom is 0.207 e. The first-order valence-corrected chi connectivity index (χ1v) is 5.92. The summed E-state index contributed by atoms with van der Waals surface area (Å²) in [7, 11) is 1.95. The number of rotatable bonds is 1. The first-order valence-electron chi connectivity index (χ1n) is 5.92. The molecule has 0 bridgehead atoms. The van der Waals surface area contributed by atoms with Gasteiger partial charge in [-0.05, 0) is 18.2 Å². The van der Waals surface area contributed by atoms with Crippen LogP contribution in [0, 0.1) is 11.6 Å². The van der Waals surface area contributed by atoms with Gasteiger partial charge in [0.15, 0.2) is 17.1 Å². The van der Waals surface area contributed by atoms with E-state index in [0.717, 1.165) is 31.2 Å². The van der Waals surface area contributed by atoms with Crippen LogP contribution in [0.15, 0.2) is 35.5 Å². The lowest BCUT2D eigenvalue weighted by molar-refractivity contribution is 0.509. The summed E-state index contributed by atoms with van der Waals surface area (Å²) in [5.74, 6) is -0.964. The molecule has 19 heavy (non-hydrogen) atoms. The van der Waals surface area contributed by atoms with Gasteiger partial charge < -0.3 is 9.47 Å². The molecule has 3 rings (SSSR count). The molecule has 1 aliphatic rings. The van der Waals surface area contributed by atoms with Crippen molar-refractivity contribution in [3.05, 3.63) is 47.6 Å². The zero-order valence-corrected chi connectivity index (χ0v) is 10.3. The number of aromatic nitrogens is 2. The summed E-state index contributed by atoms with van der Waals surface area (Å²) in [5, 5.41) is 0. The third-order valence-electron chi connectivity index (χ3n) is 3.04. The minimum atomic E-state index is -0.908. The van der Waals surface area contributed by atoms with Gasteiger partial charge in [0.2, 0.25) is 5.95 Å². The number of anilines is 1. The van der Waals surface area contributed by atoms with E-state index < -0.39 is 11.6 Å². The molecule has 0 fully saturated rings. The number of fused-ring (bicyclic) bond motifs is 1. The first-order chi connectivity index (χ1) is 9.13. The van der Waals surface area contributed by atoms with Crippen molar-refractivity contribution in [2.24, 2.45) is 4.99 Å². The molecule has 1 aromatic heterocycles. The van der Waals surface area contributed by atoms with Crippen LogP contribution in [0.1, 0.15) is 0 Å². The fraction of sp³-hybridized carbons (Fsp3) is 0.231. The highest BCUT2D eigenvalue weighted by molar-refractivity contribution is 5.38. The Labute approximate surface area is 108 Å². The van der Waals surface area contributed by atoms with Gasteiger partial charge in [0.25, 0.3) is 0 Å². The summed E-state index contributed by atoms with van der Waals surface area (Å²) >= 11 is 0. The van der Waals surface area contributed by atoms with Crippen molar-refractivity contribution in [2.45, 2.75) is 6.54 Å². The van der Waals surface area contributed by atoms with Gasteiger partial charge in [-0.2, -0.15) is 4.98 Å². The molecular formula is C13H12F2N4. The topological polar surface area (TPSA) is 33.4 Å². The minimum Gasteiger partial charge on any atom is -0.343 e. The van der Waals surface area contributed by atoms with Crippen LogP contribution in [0.5, 0.6) is 0 Å². The molecule has 4 nitrogen and oxygen atoms in total. The predicted octanol–water partition coefficient (Wildman–Crippen LogP) is 1.84. The van der Waals surface area contributed by atoms with Gasteiger partial charge >= 0.3 is 0 Å². The van der Waals surface area contributed by atoms with Gasteiger partial charge in [-0.25, -0.2) is 13.8 Å². The Hall–Kier alpha value is -2.24. The predicted molar refractivity (Wildman–Crippen MR) is 67.1 cm³/mol. The van der Waals surface area contributed by atoms with Crippen LogP contribution in [0.2, 0.25) is 0 Å². The molecule has 98 valence electrons. The van der Waals surface area contributed by atoms with Crippen molar-refractivity contribution in [3.63, 3.8) is 0 Å². The van der Waals surface area contributed by atoms with Crippen LogP contribution in [-0.2, 0) is 6.54 Å². The Morgan fingerprint density at radius 1 is 1.16 bits per heavy atom. The molecule has 1 aliphatic heterocycles. The van der Waals surface area contributed by atoms with E-state index in [0.29, 0.717) is 11.2 Å². The van der Waals surface area contributed by atoms with Crippen LogP contribution in [0.3, 0.4) is 0 Å². The molecule has 0 N–H and O–H groups in total. The summed E-state index contributed by atoms with van der Waals surface area (Å²) in [5.41, 5.74) is 0.822. The number of hydrogen-bond donors (Lipinski definition) is 0. The molecule has 0 saturated carbocycles. The Morgan fingerprint density at radius 2 is 2.00 bits per heavy atom. The molecule has 0 unspecified atom stereocenters. The Morgan fingerprint density at radius 3 is 2.79 bits per heavy atom. The molecule has 1 aromatic carbocycles. The van der Waals surface area contributed by atoms with Crippen LogP contribution in [0.25, 0.3) is 0 Å². The van der Waals surface area contributed by atoms with Crippen molar-refractivity contribution in [2.75, 3.05) is 18.5 Å². The van der Waals surface area contributed by atoms with Crippen LogP contribution < -0.4 is 10.4 Å². The average Bonchev–Trinajstić information content (AvgIpc) is 2.76. The van der Waals surface area contributed by atoms with E-state index in [1.807, 2.05) is 22.7 Å². The lowest BCUT2D eigenvalue weighted by Crippen LogP contribution is -2.18. The van der Waals surface area contributed by atoms with Gasteiger partial charge in [0.1, 0.15) is 0 Å². The maximum atomic E-state index is 13.1. The first kappa shape index (κ1) is 11.8. The average molecular weight is 262 g/mol. The van der Waals surface area contributed by atoms with E-state index in [2.05, 4.69) is 9.98 Å². The molecule has 2 aromatic rings. The largest absolute Gasteiger partial charge is 0.343 e. The fourth-order valence-corrected chi connectivity index (χ4v) is 2.01. The van der Waals surface area contributed by atoms with Crippen molar-refractivity contribution < 1.29 is 8.78 Å². The van der Waals surface area contributed by atoms with Gasteiger partial charge in [-0.3, -0.25) is 0 Å². The Balaban J connectivity index is 2.04. The molecule has 0 aliphatic carbocycles. The van der Waals surface area contributed by atoms with E-state index in [1.54, 1.807) is 6.07 Å². The van der Waals surface area contributed by atoms with Crippen molar-refractivity contribution in [1.82, 2.24) is 9.55 Å². The molecule has 6 heteroatoms.